The highest BCUT2D eigenvalue weighted by atomic mass is 16.6. The molecule has 0 atom stereocenters. The van der Waals surface area contributed by atoms with E-state index in [0.29, 0.717) is 44.0 Å². The number of nitrogens with zero attached hydrogens (tertiary/aromatic N) is 4. The molecule has 138 valence electrons. The van der Waals surface area contributed by atoms with Crippen molar-refractivity contribution in [2.24, 2.45) is 0 Å². The fraction of sp³-hybridized carbons (Fsp3) is 0.375. The predicted octanol–water partition coefficient (Wildman–Crippen LogP) is 1.04. The predicted molar refractivity (Wildman–Crippen MR) is 92.8 cm³/mol. The van der Waals surface area contributed by atoms with Gasteiger partial charge < -0.3 is 25.6 Å². The van der Waals surface area contributed by atoms with Crippen LogP contribution in [0.1, 0.15) is 16.9 Å². The van der Waals surface area contributed by atoms with Gasteiger partial charge in [0.2, 0.25) is 11.5 Å². The van der Waals surface area contributed by atoms with Crippen molar-refractivity contribution in [3.8, 4) is 5.75 Å². The number of aromatic nitrogens is 2. The maximum absolute atomic E-state index is 12.5. The van der Waals surface area contributed by atoms with Gasteiger partial charge in [0, 0.05) is 37.9 Å². The Balaban J connectivity index is 1.60. The highest BCUT2D eigenvalue weighted by molar-refractivity contribution is 5.96. The van der Waals surface area contributed by atoms with Crippen LogP contribution in [0, 0.1) is 0 Å². The number of rotatable bonds is 3. The molecule has 0 bridgehead atoms. The van der Waals surface area contributed by atoms with E-state index in [2.05, 4.69) is 20.3 Å². The quantitative estimate of drug-likeness (QED) is 0.837. The lowest BCUT2D eigenvalue weighted by Gasteiger charge is -2.22. The maximum Gasteiger partial charge on any atom is 0.321 e. The minimum absolute atomic E-state index is 0.000665. The molecule has 0 saturated carbocycles. The Kier molecular flexibility index (Phi) is 5.20. The number of anilines is 2. The topological polar surface area (TPSA) is 127 Å². The smallest absolute Gasteiger partial charge is 0.321 e. The number of amides is 3. The van der Waals surface area contributed by atoms with Gasteiger partial charge in [-0.1, -0.05) is 6.07 Å². The summed E-state index contributed by atoms with van der Waals surface area (Å²) < 4.78 is 9.63. The van der Waals surface area contributed by atoms with Crippen molar-refractivity contribution in [1.82, 2.24) is 20.1 Å². The minimum atomic E-state index is -0.348. The summed E-state index contributed by atoms with van der Waals surface area (Å²) in [6, 6.07) is 6.90. The van der Waals surface area contributed by atoms with Crippen molar-refractivity contribution >= 4 is 23.4 Å². The second-order valence-electron chi connectivity index (χ2n) is 5.79. The van der Waals surface area contributed by atoms with Crippen molar-refractivity contribution in [3.63, 3.8) is 0 Å². The Bertz CT molecular complexity index is 793. The second kappa shape index (κ2) is 7.72. The number of hydrogen-bond acceptors (Lipinski definition) is 7. The van der Waals surface area contributed by atoms with E-state index in [9.17, 15) is 9.59 Å². The van der Waals surface area contributed by atoms with Gasteiger partial charge in [-0.15, -0.1) is 0 Å². The summed E-state index contributed by atoms with van der Waals surface area (Å²) in [5, 5.41) is 9.80. The zero-order valence-electron chi connectivity index (χ0n) is 14.3. The van der Waals surface area contributed by atoms with Gasteiger partial charge >= 0.3 is 6.03 Å². The Morgan fingerprint density at radius 2 is 1.96 bits per heavy atom. The third-order valence-corrected chi connectivity index (χ3v) is 4.11. The molecule has 1 fully saturated rings. The number of nitrogen functional groups attached to an aromatic ring is 1. The molecule has 3 N–H and O–H groups in total. The van der Waals surface area contributed by atoms with Crippen LogP contribution in [0.3, 0.4) is 0 Å². The lowest BCUT2D eigenvalue weighted by Crippen LogP contribution is -2.39. The summed E-state index contributed by atoms with van der Waals surface area (Å²) in [5.74, 6) is 0.278. The van der Waals surface area contributed by atoms with Crippen molar-refractivity contribution in [1.29, 1.82) is 0 Å². The van der Waals surface area contributed by atoms with Gasteiger partial charge in [-0.3, -0.25) is 4.79 Å². The molecule has 2 aromatic rings. The molecule has 3 amide bonds. The van der Waals surface area contributed by atoms with Crippen molar-refractivity contribution in [2.45, 2.75) is 6.42 Å². The van der Waals surface area contributed by atoms with E-state index < -0.39 is 0 Å². The molecule has 3 rings (SSSR count). The lowest BCUT2D eigenvalue weighted by atomic mass is 10.3. The van der Waals surface area contributed by atoms with Crippen LogP contribution in [-0.2, 0) is 0 Å². The summed E-state index contributed by atoms with van der Waals surface area (Å²) in [6.45, 7) is 1.80. The third kappa shape index (κ3) is 3.85. The number of carbonyl (C=O) groups excluding carboxylic acids is 2. The summed E-state index contributed by atoms with van der Waals surface area (Å²) in [6.07, 6.45) is 0.641. The number of nitrogens with one attached hydrogen (secondary N) is 1. The zero-order valence-corrected chi connectivity index (χ0v) is 14.3. The van der Waals surface area contributed by atoms with E-state index in [0.717, 1.165) is 0 Å². The average molecular weight is 360 g/mol. The SMILES string of the molecule is COc1cccc(NC(=O)N2CCCN(C(=O)c3nonc3N)CC2)c1. The van der Waals surface area contributed by atoms with Crippen molar-refractivity contribution in [2.75, 3.05) is 44.3 Å². The Morgan fingerprint density at radius 1 is 1.19 bits per heavy atom. The summed E-state index contributed by atoms with van der Waals surface area (Å²) >= 11 is 0. The molecule has 1 aliphatic heterocycles. The summed E-state index contributed by atoms with van der Waals surface area (Å²) in [7, 11) is 1.57. The third-order valence-electron chi connectivity index (χ3n) is 4.11. The number of ether oxygens (including phenoxy) is 1. The van der Waals surface area contributed by atoms with E-state index in [1.165, 1.54) is 0 Å². The standard InChI is InChI=1S/C16H20N6O4/c1-25-12-5-2-4-11(10-12)18-16(24)22-7-3-6-21(8-9-22)15(23)13-14(17)20-26-19-13/h2,4-5,10H,3,6-9H2,1H3,(H2,17,20)(H,18,24). The molecule has 1 aromatic heterocycles. The van der Waals surface area contributed by atoms with Gasteiger partial charge in [0.15, 0.2) is 0 Å². The normalized spacial score (nSPS) is 14.7. The second-order valence-corrected chi connectivity index (χ2v) is 5.79. The lowest BCUT2D eigenvalue weighted by molar-refractivity contribution is 0.0752. The van der Waals surface area contributed by atoms with Gasteiger partial charge in [-0.05, 0) is 28.9 Å². The molecule has 1 aliphatic rings. The first-order chi connectivity index (χ1) is 12.6. The summed E-state index contributed by atoms with van der Waals surface area (Å²) in [4.78, 5) is 28.2. The highest BCUT2D eigenvalue weighted by Crippen LogP contribution is 2.18. The molecule has 1 saturated heterocycles. The number of hydrogen-bond donors (Lipinski definition) is 2. The van der Waals surface area contributed by atoms with Gasteiger partial charge in [0.05, 0.1) is 7.11 Å². The van der Waals surface area contributed by atoms with Crippen LogP contribution in [0.25, 0.3) is 0 Å². The van der Waals surface area contributed by atoms with Gasteiger partial charge in [0.25, 0.3) is 5.91 Å². The van der Waals surface area contributed by atoms with E-state index in [4.69, 9.17) is 10.5 Å². The largest absolute Gasteiger partial charge is 0.497 e. The van der Waals surface area contributed by atoms with Crippen LogP contribution in [0.4, 0.5) is 16.3 Å². The molecule has 0 spiro atoms. The maximum atomic E-state index is 12.5. The molecule has 0 radical (unpaired) electrons. The van der Waals surface area contributed by atoms with Gasteiger partial charge in [0.1, 0.15) is 5.75 Å². The molecular weight excluding hydrogens is 340 g/mol. The number of benzene rings is 1. The number of urea groups is 1. The number of nitrogens with two attached hydrogens (primary N) is 1. The first-order valence-electron chi connectivity index (χ1n) is 8.16. The number of methoxy groups -OCH3 is 1. The number of carbonyl (C=O) groups is 2. The van der Waals surface area contributed by atoms with Gasteiger partial charge in [-0.25, -0.2) is 9.42 Å². The molecule has 10 heteroatoms. The van der Waals surface area contributed by atoms with Crippen molar-refractivity contribution < 1.29 is 19.0 Å². The molecule has 1 aromatic carbocycles. The van der Waals surface area contributed by atoms with E-state index in [1.54, 1.807) is 41.2 Å². The summed E-state index contributed by atoms with van der Waals surface area (Å²) in [5.41, 5.74) is 6.22. The Morgan fingerprint density at radius 3 is 2.69 bits per heavy atom. The van der Waals surface area contributed by atoms with Crippen LogP contribution in [0.15, 0.2) is 28.9 Å². The first kappa shape index (κ1) is 17.5. The molecule has 2 heterocycles. The molecule has 10 nitrogen and oxygen atoms in total. The van der Waals surface area contributed by atoms with Crippen LogP contribution < -0.4 is 15.8 Å². The first-order valence-corrected chi connectivity index (χ1v) is 8.16. The van der Waals surface area contributed by atoms with E-state index in [1.807, 2.05) is 0 Å². The minimum Gasteiger partial charge on any atom is -0.497 e. The molecule has 26 heavy (non-hydrogen) atoms. The highest BCUT2D eigenvalue weighted by Gasteiger charge is 2.26. The Labute approximate surface area is 149 Å². The average Bonchev–Trinajstić information content (AvgIpc) is 2.92. The van der Waals surface area contributed by atoms with E-state index >= 15 is 0 Å². The van der Waals surface area contributed by atoms with Crippen LogP contribution in [0.5, 0.6) is 5.75 Å². The fourth-order valence-electron chi connectivity index (χ4n) is 2.72. The monoisotopic (exact) mass is 360 g/mol. The van der Waals surface area contributed by atoms with Crippen LogP contribution >= 0.6 is 0 Å². The van der Waals surface area contributed by atoms with Crippen LogP contribution in [0.2, 0.25) is 0 Å². The zero-order chi connectivity index (χ0) is 18.5. The van der Waals surface area contributed by atoms with Crippen molar-refractivity contribution in [3.05, 3.63) is 30.0 Å². The van der Waals surface area contributed by atoms with E-state index in [-0.39, 0.29) is 23.5 Å². The Hall–Kier alpha value is -3.30. The molecule has 0 aliphatic carbocycles. The molecular formula is C16H20N6O4. The van der Waals surface area contributed by atoms with Gasteiger partial charge in [-0.2, -0.15) is 0 Å². The fourth-order valence-corrected chi connectivity index (χ4v) is 2.72. The molecule has 0 unspecified atom stereocenters. The van der Waals surface area contributed by atoms with Crippen LogP contribution in [-0.4, -0.2) is 65.3 Å².